The molecule has 4 rings (SSSR count). The van der Waals surface area contributed by atoms with Gasteiger partial charge in [0.2, 0.25) is 5.91 Å². The number of amidine groups is 1. The van der Waals surface area contributed by atoms with E-state index in [9.17, 15) is 9.59 Å². The van der Waals surface area contributed by atoms with Crippen molar-refractivity contribution < 1.29 is 18.8 Å². The van der Waals surface area contributed by atoms with Crippen LogP contribution in [-0.2, 0) is 16.6 Å². The van der Waals surface area contributed by atoms with Crippen LogP contribution in [0.4, 0.5) is 11.6 Å². The van der Waals surface area contributed by atoms with E-state index in [1.807, 2.05) is 61.5 Å². The summed E-state index contributed by atoms with van der Waals surface area (Å²) in [5.74, 6) is -0.229. The van der Waals surface area contributed by atoms with Crippen LogP contribution in [0, 0.1) is 6.92 Å². The van der Waals surface area contributed by atoms with Gasteiger partial charge in [-0.3, -0.25) is 24.3 Å². The highest BCUT2D eigenvalue weighted by Gasteiger charge is 2.32. The molecule has 2 heterocycles. The largest absolute Gasteiger partial charge is 0.302 e. The molecule has 0 bridgehead atoms. The van der Waals surface area contributed by atoms with Gasteiger partial charge in [-0.15, -0.1) is 0 Å². The molecule has 0 spiro atoms. The van der Waals surface area contributed by atoms with Gasteiger partial charge in [0.05, 0.1) is 11.4 Å². The standard InChI is InChI=1S/C22H19N5O3S/c1-15-8-10-16(11-9-15)12-18-21(29)27(17-6-4-3-5-7-17)22(23-18)31-14-19(28)24-20-13-26(2)25-30-20/h3-13H,14H2,1-2H3/p+1/b18-12+. The zero-order valence-corrected chi connectivity index (χ0v) is 17.8. The van der Waals surface area contributed by atoms with Crippen LogP contribution < -0.4 is 14.9 Å². The van der Waals surface area contributed by atoms with E-state index in [4.69, 9.17) is 4.52 Å². The smallest absolute Gasteiger partial charge is 0.288 e. The zero-order chi connectivity index (χ0) is 21.8. The number of benzene rings is 2. The maximum Gasteiger partial charge on any atom is 0.302 e. The fraction of sp³-hybridized carbons (Fsp3) is 0.136. The summed E-state index contributed by atoms with van der Waals surface area (Å²) in [6.45, 7) is 2.01. The topological polar surface area (TPSA) is 91.7 Å². The van der Waals surface area contributed by atoms with Gasteiger partial charge in [-0.1, -0.05) is 64.5 Å². The molecule has 0 radical (unpaired) electrons. The van der Waals surface area contributed by atoms with Crippen LogP contribution >= 0.6 is 11.8 Å². The second-order valence-corrected chi connectivity index (χ2v) is 7.83. The average molecular weight is 435 g/mol. The first-order valence-electron chi connectivity index (χ1n) is 9.51. The van der Waals surface area contributed by atoms with E-state index in [1.165, 1.54) is 21.3 Å². The van der Waals surface area contributed by atoms with E-state index < -0.39 is 0 Å². The Labute approximate surface area is 183 Å². The lowest BCUT2D eigenvalue weighted by Crippen LogP contribution is -2.31. The van der Waals surface area contributed by atoms with Crippen LogP contribution in [0.5, 0.6) is 0 Å². The first-order chi connectivity index (χ1) is 15.0. The fourth-order valence-corrected chi connectivity index (χ4v) is 3.72. The number of para-hydroxylation sites is 1. The SMILES string of the molecule is Cc1ccc(/C=C2/N=C(SCC(=O)Nc3c[n+](C)no3)N(c3ccccc3)C2=O)cc1. The van der Waals surface area contributed by atoms with E-state index in [1.54, 1.807) is 19.3 Å². The van der Waals surface area contributed by atoms with Crippen molar-refractivity contribution in [2.24, 2.45) is 12.0 Å². The number of carbonyl (C=O) groups is 2. The van der Waals surface area contributed by atoms with E-state index in [2.05, 4.69) is 15.6 Å². The third-order valence-electron chi connectivity index (χ3n) is 4.39. The van der Waals surface area contributed by atoms with Crippen LogP contribution in [0.1, 0.15) is 11.1 Å². The highest BCUT2D eigenvalue weighted by atomic mass is 32.2. The minimum atomic E-state index is -0.291. The molecule has 156 valence electrons. The predicted octanol–water partition coefficient (Wildman–Crippen LogP) is 2.92. The third-order valence-corrected chi connectivity index (χ3v) is 5.33. The number of hydrogen-bond acceptors (Lipinski definition) is 6. The van der Waals surface area contributed by atoms with E-state index in [-0.39, 0.29) is 23.5 Å². The van der Waals surface area contributed by atoms with Gasteiger partial charge in [-0.25, -0.2) is 4.99 Å². The molecule has 1 aromatic heterocycles. The molecule has 2 aromatic carbocycles. The quantitative estimate of drug-likeness (QED) is 0.492. The Morgan fingerprint density at radius 2 is 1.94 bits per heavy atom. The molecule has 31 heavy (non-hydrogen) atoms. The molecular formula is C22H20N5O3S+. The molecule has 0 unspecified atom stereocenters. The maximum absolute atomic E-state index is 13.1. The van der Waals surface area contributed by atoms with Crippen LogP contribution in [0.2, 0.25) is 0 Å². The highest BCUT2D eigenvalue weighted by Crippen LogP contribution is 2.29. The fourth-order valence-electron chi connectivity index (χ4n) is 2.90. The number of aromatic nitrogens is 2. The number of hydrogen-bond donors (Lipinski definition) is 1. The Hall–Kier alpha value is -3.72. The molecule has 1 aliphatic rings. The molecular weight excluding hydrogens is 414 g/mol. The summed E-state index contributed by atoms with van der Waals surface area (Å²) >= 11 is 1.17. The molecule has 0 aliphatic carbocycles. The Bertz CT molecular complexity index is 1170. The van der Waals surface area contributed by atoms with Crippen molar-refractivity contribution in [3.8, 4) is 0 Å². The number of thioether (sulfide) groups is 1. The van der Waals surface area contributed by atoms with Crippen LogP contribution in [0.3, 0.4) is 0 Å². The number of nitrogens with zero attached hydrogens (tertiary/aromatic N) is 4. The predicted molar refractivity (Wildman–Crippen MR) is 119 cm³/mol. The van der Waals surface area contributed by atoms with E-state index >= 15 is 0 Å². The molecule has 1 aliphatic heterocycles. The lowest BCUT2D eigenvalue weighted by atomic mass is 10.1. The van der Waals surface area contributed by atoms with Crippen molar-refractivity contribution in [3.63, 3.8) is 0 Å². The number of aryl methyl sites for hydroxylation is 2. The number of amides is 2. The van der Waals surface area contributed by atoms with Gasteiger partial charge in [0, 0.05) is 0 Å². The van der Waals surface area contributed by atoms with Gasteiger partial charge in [0.15, 0.2) is 17.5 Å². The van der Waals surface area contributed by atoms with Crippen LogP contribution in [0.25, 0.3) is 6.08 Å². The van der Waals surface area contributed by atoms with Gasteiger partial charge in [0.1, 0.15) is 5.70 Å². The molecule has 0 saturated carbocycles. The Balaban J connectivity index is 1.55. The first kappa shape index (κ1) is 20.5. The maximum atomic E-state index is 13.1. The van der Waals surface area contributed by atoms with Crippen molar-refractivity contribution >= 4 is 46.4 Å². The first-order valence-corrected chi connectivity index (χ1v) is 10.5. The van der Waals surface area contributed by atoms with E-state index in [0.29, 0.717) is 16.6 Å². The third kappa shape index (κ3) is 4.89. The van der Waals surface area contributed by atoms with Crippen LogP contribution in [0.15, 0.2) is 76.0 Å². The number of aliphatic imine (C=N–C) groups is 1. The summed E-state index contributed by atoms with van der Waals surface area (Å²) in [6, 6.07) is 17.1. The molecule has 0 atom stereocenters. The van der Waals surface area contributed by atoms with Crippen molar-refractivity contribution in [2.45, 2.75) is 6.92 Å². The number of nitrogens with one attached hydrogen (secondary N) is 1. The second-order valence-electron chi connectivity index (χ2n) is 6.89. The van der Waals surface area contributed by atoms with Gasteiger partial charge in [-0.05, 0) is 30.7 Å². The monoisotopic (exact) mass is 434 g/mol. The van der Waals surface area contributed by atoms with Gasteiger partial charge < -0.3 is 0 Å². The minimum Gasteiger partial charge on any atom is -0.288 e. The number of rotatable bonds is 5. The summed E-state index contributed by atoms with van der Waals surface area (Å²) in [4.78, 5) is 31.5. The molecule has 2 amide bonds. The van der Waals surface area contributed by atoms with Gasteiger partial charge in [-0.2, -0.15) is 0 Å². The lowest BCUT2D eigenvalue weighted by Gasteiger charge is -2.17. The van der Waals surface area contributed by atoms with Gasteiger partial charge in [0.25, 0.3) is 12.1 Å². The molecule has 9 heteroatoms. The van der Waals surface area contributed by atoms with Crippen molar-refractivity contribution in [1.29, 1.82) is 0 Å². The number of anilines is 2. The zero-order valence-electron chi connectivity index (χ0n) is 17.0. The Kier molecular flexibility index (Phi) is 5.94. The summed E-state index contributed by atoms with van der Waals surface area (Å²) in [5.41, 5.74) is 3.02. The van der Waals surface area contributed by atoms with Crippen molar-refractivity contribution in [1.82, 2.24) is 5.27 Å². The molecule has 1 N–H and O–H groups in total. The Morgan fingerprint density at radius 3 is 2.61 bits per heavy atom. The van der Waals surface area contributed by atoms with Crippen LogP contribution in [-0.4, -0.2) is 28.0 Å². The molecule has 0 saturated heterocycles. The summed E-state index contributed by atoms with van der Waals surface area (Å²) in [7, 11) is 1.69. The normalized spacial score (nSPS) is 14.8. The Morgan fingerprint density at radius 1 is 1.19 bits per heavy atom. The molecule has 0 fully saturated rings. The van der Waals surface area contributed by atoms with Crippen molar-refractivity contribution in [3.05, 3.63) is 77.6 Å². The van der Waals surface area contributed by atoms with Gasteiger partial charge >= 0.3 is 5.88 Å². The second kappa shape index (κ2) is 8.97. The summed E-state index contributed by atoms with van der Waals surface area (Å²) < 4.78 is 6.42. The summed E-state index contributed by atoms with van der Waals surface area (Å²) in [5, 5.41) is 6.72. The minimum absolute atomic E-state index is 0.0532. The van der Waals surface area contributed by atoms with Crippen molar-refractivity contribution in [2.75, 3.05) is 16.0 Å². The summed E-state index contributed by atoms with van der Waals surface area (Å²) in [6.07, 6.45) is 3.30. The molecule has 3 aromatic rings. The molecule has 8 nitrogen and oxygen atoms in total. The number of carbonyl (C=O) groups excluding carboxylic acids is 2. The highest BCUT2D eigenvalue weighted by molar-refractivity contribution is 8.14. The lowest BCUT2D eigenvalue weighted by molar-refractivity contribution is -0.739. The van der Waals surface area contributed by atoms with E-state index in [0.717, 1.165) is 11.1 Å². The average Bonchev–Trinajstić information content (AvgIpc) is 3.31.